The highest BCUT2D eigenvalue weighted by molar-refractivity contribution is 9.10. The Labute approximate surface area is 92.8 Å². The number of imidazole rings is 1. The van der Waals surface area contributed by atoms with Crippen LogP contribution in [-0.4, -0.2) is 15.6 Å². The van der Waals surface area contributed by atoms with Gasteiger partial charge in [-0.05, 0) is 28.3 Å². The van der Waals surface area contributed by atoms with Gasteiger partial charge in [-0.25, -0.2) is 4.98 Å². The molecule has 1 aliphatic rings. The largest absolute Gasteiger partial charge is 0.327 e. The summed E-state index contributed by atoms with van der Waals surface area (Å²) in [6.45, 7) is 5.33. The summed E-state index contributed by atoms with van der Waals surface area (Å²) in [4.78, 5) is 4.64. The van der Waals surface area contributed by atoms with E-state index in [2.05, 4.69) is 39.3 Å². The molecule has 1 aliphatic heterocycles. The molecule has 0 amide bonds. The van der Waals surface area contributed by atoms with Crippen LogP contribution in [0.5, 0.6) is 0 Å². The van der Waals surface area contributed by atoms with Crippen molar-refractivity contribution in [3.05, 3.63) is 16.1 Å². The molecule has 3 nitrogen and oxygen atoms in total. The van der Waals surface area contributed by atoms with E-state index < -0.39 is 0 Å². The van der Waals surface area contributed by atoms with Crippen molar-refractivity contribution in [1.29, 1.82) is 0 Å². The fourth-order valence-corrected chi connectivity index (χ4v) is 2.81. The third kappa shape index (κ3) is 1.61. The first-order valence-electron chi connectivity index (χ1n) is 5.10. The van der Waals surface area contributed by atoms with Crippen molar-refractivity contribution in [2.45, 2.75) is 45.2 Å². The molecule has 2 heterocycles. The zero-order valence-electron chi connectivity index (χ0n) is 8.63. The number of rotatable bonds is 1. The van der Waals surface area contributed by atoms with Crippen molar-refractivity contribution in [2.24, 2.45) is 5.73 Å². The van der Waals surface area contributed by atoms with Crippen molar-refractivity contribution >= 4 is 15.9 Å². The maximum absolute atomic E-state index is 5.92. The van der Waals surface area contributed by atoms with Crippen LogP contribution in [0.25, 0.3) is 0 Å². The molecule has 1 atom stereocenters. The third-order valence-corrected chi connectivity index (χ3v) is 3.56. The molecule has 0 saturated carbocycles. The van der Waals surface area contributed by atoms with Crippen molar-refractivity contribution in [1.82, 2.24) is 9.55 Å². The minimum atomic E-state index is 0.289. The first kappa shape index (κ1) is 10.2. The van der Waals surface area contributed by atoms with Gasteiger partial charge in [-0.15, -0.1) is 0 Å². The summed E-state index contributed by atoms with van der Waals surface area (Å²) in [6.07, 6.45) is 1.96. The number of aromatic nitrogens is 2. The molecule has 2 rings (SSSR count). The Bertz CT molecular complexity index is 343. The molecular weight excluding hydrogens is 242 g/mol. The molecule has 0 saturated heterocycles. The van der Waals surface area contributed by atoms with Gasteiger partial charge in [0.1, 0.15) is 10.4 Å². The fourth-order valence-electron chi connectivity index (χ4n) is 1.88. The highest BCUT2D eigenvalue weighted by atomic mass is 79.9. The smallest absolute Gasteiger partial charge is 0.111 e. The quantitative estimate of drug-likeness (QED) is 0.837. The summed E-state index contributed by atoms with van der Waals surface area (Å²) in [5.74, 6) is 1.61. The topological polar surface area (TPSA) is 43.8 Å². The summed E-state index contributed by atoms with van der Waals surface area (Å²) >= 11 is 3.62. The summed E-state index contributed by atoms with van der Waals surface area (Å²) in [7, 11) is 0. The maximum Gasteiger partial charge on any atom is 0.111 e. The summed E-state index contributed by atoms with van der Waals surface area (Å²) < 4.78 is 3.40. The number of nitrogens with zero attached hydrogens (tertiary/aromatic N) is 2. The minimum absolute atomic E-state index is 0.289. The second-order valence-corrected chi connectivity index (χ2v) is 5.01. The van der Waals surface area contributed by atoms with E-state index in [1.54, 1.807) is 0 Å². The molecule has 1 aromatic rings. The Balaban J connectivity index is 2.40. The predicted molar refractivity (Wildman–Crippen MR) is 60.3 cm³/mol. The summed E-state index contributed by atoms with van der Waals surface area (Å²) in [5, 5.41) is 0. The lowest BCUT2D eigenvalue weighted by atomic mass is 10.1. The average molecular weight is 258 g/mol. The number of hydrogen-bond acceptors (Lipinski definition) is 2. The van der Waals surface area contributed by atoms with E-state index in [1.807, 2.05) is 0 Å². The molecule has 0 aromatic carbocycles. The predicted octanol–water partition coefficient (Wildman–Crippen LogP) is 2.04. The van der Waals surface area contributed by atoms with Crippen molar-refractivity contribution in [3.8, 4) is 0 Å². The molecule has 0 bridgehead atoms. The van der Waals surface area contributed by atoms with Gasteiger partial charge in [-0.2, -0.15) is 0 Å². The second kappa shape index (κ2) is 3.66. The van der Waals surface area contributed by atoms with Crippen molar-refractivity contribution < 1.29 is 0 Å². The SMILES string of the molecule is CC(C)c1nc2n(c1Br)CCC(N)C2. The Kier molecular flexibility index (Phi) is 2.66. The van der Waals surface area contributed by atoms with E-state index in [0.717, 1.165) is 35.5 Å². The van der Waals surface area contributed by atoms with Gasteiger partial charge in [0.05, 0.1) is 5.69 Å². The monoisotopic (exact) mass is 257 g/mol. The highest BCUT2D eigenvalue weighted by Crippen LogP contribution is 2.28. The van der Waals surface area contributed by atoms with Gasteiger partial charge in [0.2, 0.25) is 0 Å². The van der Waals surface area contributed by atoms with Gasteiger partial charge in [0.25, 0.3) is 0 Å². The molecule has 1 unspecified atom stereocenters. The molecule has 0 aliphatic carbocycles. The third-order valence-electron chi connectivity index (χ3n) is 2.72. The Morgan fingerprint density at radius 3 is 2.93 bits per heavy atom. The molecule has 14 heavy (non-hydrogen) atoms. The minimum Gasteiger partial charge on any atom is -0.327 e. The van der Waals surface area contributed by atoms with Crippen LogP contribution in [0.3, 0.4) is 0 Å². The lowest BCUT2D eigenvalue weighted by Crippen LogP contribution is -2.30. The normalized spacial score (nSPS) is 21.4. The van der Waals surface area contributed by atoms with E-state index >= 15 is 0 Å². The maximum atomic E-state index is 5.92. The van der Waals surface area contributed by atoms with E-state index in [1.165, 1.54) is 0 Å². The van der Waals surface area contributed by atoms with Gasteiger partial charge in [-0.1, -0.05) is 13.8 Å². The first-order chi connectivity index (χ1) is 6.59. The number of fused-ring (bicyclic) bond motifs is 1. The zero-order valence-corrected chi connectivity index (χ0v) is 10.2. The van der Waals surface area contributed by atoms with Crippen LogP contribution in [0.1, 0.15) is 37.7 Å². The van der Waals surface area contributed by atoms with Crippen LogP contribution in [0.2, 0.25) is 0 Å². The second-order valence-electron chi connectivity index (χ2n) is 4.26. The Morgan fingerprint density at radius 1 is 1.57 bits per heavy atom. The van der Waals surface area contributed by atoms with Gasteiger partial charge in [0, 0.05) is 19.0 Å². The van der Waals surface area contributed by atoms with E-state index in [0.29, 0.717) is 5.92 Å². The van der Waals surface area contributed by atoms with Crippen LogP contribution < -0.4 is 5.73 Å². The number of nitrogens with two attached hydrogens (primary N) is 1. The lowest BCUT2D eigenvalue weighted by molar-refractivity contribution is 0.459. The Morgan fingerprint density at radius 2 is 2.29 bits per heavy atom. The van der Waals surface area contributed by atoms with Crippen molar-refractivity contribution in [2.75, 3.05) is 0 Å². The fraction of sp³-hybridized carbons (Fsp3) is 0.700. The molecule has 0 fully saturated rings. The average Bonchev–Trinajstić information content (AvgIpc) is 2.43. The van der Waals surface area contributed by atoms with Crippen LogP contribution in [0.4, 0.5) is 0 Å². The van der Waals surface area contributed by atoms with Crippen LogP contribution in [0, 0.1) is 0 Å². The van der Waals surface area contributed by atoms with E-state index in [9.17, 15) is 0 Å². The molecule has 2 N–H and O–H groups in total. The van der Waals surface area contributed by atoms with Crippen LogP contribution >= 0.6 is 15.9 Å². The van der Waals surface area contributed by atoms with Gasteiger partial charge < -0.3 is 10.3 Å². The summed E-state index contributed by atoms with van der Waals surface area (Å²) in [5.41, 5.74) is 7.08. The van der Waals surface area contributed by atoms with E-state index in [4.69, 9.17) is 5.73 Å². The molecular formula is C10H16BrN3. The standard InChI is InChI=1S/C10H16BrN3/c1-6(2)9-10(11)14-4-3-7(12)5-8(14)13-9/h6-7H,3-5,12H2,1-2H3. The van der Waals surface area contributed by atoms with Crippen LogP contribution in [0.15, 0.2) is 4.60 Å². The van der Waals surface area contributed by atoms with Gasteiger partial charge in [-0.3, -0.25) is 0 Å². The zero-order chi connectivity index (χ0) is 10.3. The van der Waals surface area contributed by atoms with Crippen molar-refractivity contribution in [3.63, 3.8) is 0 Å². The highest BCUT2D eigenvalue weighted by Gasteiger charge is 2.22. The number of hydrogen-bond donors (Lipinski definition) is 1. The molecule has 0 radical (unpaired) electrons. The molecule has 1 aromatic heterocycles. The first-order valence-corrected chi connectivity index (χ1v) is 5.89. The molecule has 4 heteroatoms. The molecule has 0 spiro atoms. The number of halogens is 1. The van der Waals surface area contributed by atoms with Crippen LogP contribution in [-0.2, 0) is 13.0 Å². The van der Waals surface area contributed by atoms with Gasteiger partial charge in [0.15, 0.2) is 0 Å². The molecule has 78 valence electrons. The lowest BCUT2D eigenvalue weighted by Gasteiger charge is -2.20. The Hall–Kier alpha value is -0.350. The van der Waals surface area contributed by atoms with E-state index in [-0.39, 0.29) is 6.04 Å². The summed E-state index contributed by atoms with van der Waals surface area (Å²) in [6, 6.07) is 0.289. The van der Waals surface area contributed by atoms with Gasteiger partial charge >= 0.3 is 0 Å².